The highest BCUT2D eigenvalue weighted by atomic mass is 32.2. The fourth-order valence-electron chi connectivity index (χ4n) is 4.67. The van der Waals surface area contributed by atoms with Gasteiger partial charge in [-0.2, -0.15) is 4.31 Å². The highest BCUT2D eigenvalue weighted by Gasteiger charge is 2.54. The zero-order valence-corrected chi connectivity index (χ0v) is 21.2. The number of benzene rings is 3. The molecule has 196 valence electrons. The number of rotatable bonds is 7. The van der Waals surface area contributed by atoms with E-state index in [9.17, 15) is 22.8 Å². The topological polar surface area (TPSA) is 125 Å². The summed E-state index contributed by atoms with van der Waals surface area (Å²) in [6.07, 6.45) is 0. The van der Waals surface area contributed by atoms with Gasteiger partial charge in [0.05, 0.1) is 18.1 Å². The van der Waals surface area contributed by atoms with Crippen molar-refractivity contribution in [3.8, 4) is 0 Å². The van der Waals surface area contributed by atoms with Crippen LogP contribution in [0.1, 0.15) is 11.1 Å². The number of imide groups is 1. The lowest BCUT2D eigenvalue weighted by molar-refractivity contribution is -0.133. The molecule has 0 aromatic heterocycles. The molecule has 4 amide bonds. The molecule has 2 fully saturated rings. The van der Waals surface area contributed by atoms with Crippen LogP contribution in [0.3, 0.4) is 0 Å². The normalized spacial score (nSPS) is 17.7. The minimum Gasteiger partial charge on any atom is -0.379 e. The molecule has 0 bridgehead atoms. The molecule has 0 radical (unpaired) electrons. The number of hydrogen-bond donors (Lipinski definition) is 2. The summed E-state index contributed by atoms with van der Waals surface area (Å²) in [6.45, 7) is 0.571. The van der Waals surface area contributed by atoms with Gasteiger partial charge in [0.1, 0.15) is 6.54 Å². The molecule has 0 unspecified atom stereocenters. The number of carbonyl (C=O) groups excluding carboxylic acids is 3. The smallest absolute Gasteiger partial charge is 0.326 e. The van der Waals surface area contributed by atoms with Gasteiger partial charge >= 0.3 is 6.03 Å². The summed E-state index contributed by atoms with van der Waals surface area (Å²) >= 11 is 0. The standard InChI is InChI=1S/C27H26N4O6S/c32-24(28-22-12-7-13-23(18-22)38(35,36)30-14-16-37-17-15-30)19-31-25(33)27(29-26(31)34,20-8-3-1-4-9-20)21-10-5-2-6-11-21/h1-13,18H,14-17,19H2,(H,28,32)(H,29,34). The van der Waals surface area contributed by atoms with Gasteiger partial charge in [-0.25, -0.2) is 13.2 Å². The van der Waals surface area contributed by atoms with E-state index in [1.54, 1.807) is 54.6 Å². The van der Waals surface area contributed by atoms with Gasteiger partial charge in [-0.15, -0.1) is 0 Å². The number of ether oxygens (including phenoxy) is 1. The molecular weight excluding hydrogens is 508 g/mol. The van der Waals surface area contributed by atoms with E-state index in [2.05, 4.69) is 10.6 Å². The van der Waals surface area contributed by atoms with Gasteiger partial charge in [-0.3, -0.25) is 14.5 Å². The Bertz CT molecular complexity index is 1420. The predicted molar refractivity (Wildman–Crippen MR) is 139 cm³/mol. The molecule has 3 aromatic rings. The van der Waals surface area contributed by atoms with Crippen molar-refractivity contribution in [2.24, 2.45) is 0 Å². The highest BCUT2D eigenvalue weighted by molar-refractivity contribution is 7.89. The first-order valence-electron chi connectivity index (χ1n) is 12.1. The fraction of sp³-hybridized carbons (Fsp3) is 0.222. The van der Waals surface area contributed by atoms with Gasteiger partial charge in [-0.05, 0) is 29.3 Å². The Morgan fingerprint density at radius 2 is 1.50 bits per heavy atom. The third-order valence-corrected chi connectivity index (χ3v) is 8.44. The zero-order valence-electron chi connectivity index (χ0n) is 20.4. The molecule has 2 saturated heterocycles. The monoisotopic (exact) mass is 534 g/mol. The van der Waals surface area contributed by atoms with Crippen LogP contribution < -0.4 is 10.6 Å². The number of carbonyl (C=O) groups is 3. The van der Waals surface area contributed by atoms with Crippen LogP contribution >= 0.6 is 0 Å². The molecule has 2 heterocycles. The van der Waals surface area contributed by atoms with Crippen molar-refractivity contribution >= 4 is 33.6 Å². The van der Waals surface area contributed by atoms with Gasteiger partial charge in [0.2, 0.25) is 15.9 Å². The van der Waals surface area contributed by atoms with Crippen LogP contribution in [0.5, 0.6) is 0 Å². The average Bonchev–Trinajstić information content (AvgIpc) is 3.20. The van der Waals surface area contributed by atoms with E-state index >= 15 is 0 Å². The second-order valence-electron chi connectivity index (χ2n) is 8.90. The summed E-state index contributed by atoms with van der Waals surface area (Å²) in [5.74, 6) is -1.23. The van der Waals surface area contributed by atoms with E-state index in [0.717, 1.165) is 4.90 Å². The number of urea groups is 1. The number of amides is 4. The number of hydrogen-bond acceptors (Lipinski definition) is 6. The minimum atomic E-state index is -3.76. The average molecular weight is 535 g/mol. The Kier molecular flexibility index (Phi) is 6.98. The quantitative estimate of drug-likeness (QED) is 0.448. The Balaban J connectivity index is 1.36. The van der Waals surface area contributed by atoms with E-state index in [1.807, 2.05) is 12.1 Å². The first kappa shape index (κ1) is 25.6. The van der Waals surface area contributed by atoms with Crippen LogP contribution in [0.4, 0.5) is 10.5 Å². The molecule has 0 aliphatic carbocycles. The third-order valence-electron chi connectivity index (χ3n) is 6.55. The Hall–Kier alpha value is -4.06. The van der Waals surface area contributed by atoms with E-state index < -0.39 is 40.0 Å². The van der Waals surface area contributed by atoms with Crippen LogP contribution in [0.25, 0.3) is 0 Å². The maximum absolute atomic E-state index is 13.8. The molecule has 2 aliphatic heterocycles. The van der Waals surface area contributed by atoms with Crippen LogP contribution in [-0.4, -0.2) is 68.3 Å². The third kappa shape index (κ3) is 4.67. The zero-order chi connectivity index (χ0) is 26.8. The van der Waals surface area contributed by atoms with Crippen LogP contribution in [0.2, 0.25) is 0 Å². The molecule has 2 N–H and O–H groups in total. The predicted octanol–water partition coefficient (Wildman–Crippen LogP) is 2.14. The van der Waals surface area contributed by atoms with E-state index in [-0.39, 0.29) is 23.7 Å². The van der Waals surface area contributed by atoms with Crippen molar-refractivity contribution in [1.29, 1.82) is 0 Å². The maximum Gasteiger partial charge on any atom is 0.326 e. The molecule has 38 heavy (non-hydrogen) atoms. The van der Waals surface area contributed by atoms with Gasteiger partial charge in [0.25, 0.3) is 5.91 Å². The van der Waals surface area contributed by atoms with Crippen LogP contribution in [0, 0.1) is 0 Å². The number of morpholine rings is 1. The van der Waals surface area contributed by atoms with Gasteiger partial charge in [0, 0.05) is 18.8 Å². The largest absolute Gasteiger partial charge is 0.379 e. The van der Waals surface area contributed by atoms with E-state index in [4.69, 9.17) is 4.74 Å². The molecular formula is C27H26N4O6S. The van der Waals surface area contributed by atoms with Crippen molar-refractivity contribution < 1.29 is 27.5 Å². The number of nitrogens with one attached hydrogen (secondary N) is 2. The SMILES string of the molecule is O=C(CN1C(=O)NC(c2ccccc2)(c2ccccc2)C1=O)Nc1cccc(S(=O)(=O)N2CCOCC2)c1. The Labute approximate surface area is 220 Å². The number of nitrogens with zero attached hydrogens (tertiary/aromatic N) is 2. The number of anilines is 1. The van der Waals surface area contributed by atoms with E-state index in [0.29, 0.717) is 24.3 Å². The molecule has 11 heteroatoms. The van der Waals surface area contributed by atoms with Gasteiger partial charge in [-0.1, -0.05) is 66.7 Å². The maximum atomic E-state index is 13.8. The summed E-state index contributed by atoms with van der Waals surface area (Å²) in [6, 6.07) is 22.8. The van der Waals surface area contributed by atoms with Crippen LogP contribution in [-0.2, 0) is 29.9 Å². The van der Waals surface area contributed by atoms with Crippen molar-refractivity contribution in [2.45, 2.75) is 10.4 Å². The Morgan fingerprint density at radius 3 is 2.11 bits per heavy atom. The van der Waals surface area contributed by atoms with E-state index in [1.165, 1.54) is 22.5 Å². The second kappa shape index (κ2) is 10.4. The molecule has 0 saturated carbocycles. The minimum absolute atomic E-state index is 0.0272. The molecule has 0 atom stereocenters. The summed E-state index contributed by atoms with van der Waals surface area (Å²) in [5.41, 5.74) is -0.123. The van der Waals surface area contributed by atoms with Gasteiger partial charge < -0.3 is 15.4 Å². The molecule has 3 aromatic carbocycles. The fourth-order valence-corrected chi connectivity index (χ4v) is 6.12. The summed E-state index contributed by atoms with van der Waals surface area (Å²) in [4.78, 5) is 40.6. The number of sulfonamides is 1. The van der Waals surface area contributed by atoms with Crippen LogP contribution in [0.15, 0.2) is 89.8 Å². The first-order valence-corrected chi connectivity index (χ1v) is 13.5. The molecule has 10 nitrogen and oxygen atoms in total. The summed E-state index contributed by atoms with van der Waals surface area (Å²) in [5, 5.41) is 5.41. The van der Waals surface area contributed by atoms with Crippen molar-refractivity contribution in [1.82, 2.24) is 14.5 Å². The molecule has 2 aliphatic rings. The molecule has 0 spiro atoms. The summed E-state index contributed by atoms with van der Waals surface area (Å²) in [7, 11) is -3.76. The van der Waals surface area contributed by atoms with Crippen molar-refractivity contribution in [3.05, 3.63) is 96.1 Å². The Morgan fingerprint density at radius 1 is 0.895 bits per heavy atom. The lowest BCUT2D eigenvalue weighted by Crippen LogP contribution is -2.45. The van der Waals surface area contributed by atoms with Gasteiger partial charge in [0.15, 0.2) is 5.54 Å². The summed E-state index contributed by atoms with van der Waals surface area (Å²) < 4.78 is 32.5. The second-order valence-corrected chi connectivity index (χ2v) is 10.8. The molecule has 5 rings (SSSR count). The first-order chi connectivity index (χ1) is 18.3. The van der Waals surface area contributed by atoms with Crippen molar-refractivity contribution in [3.63, 3.8) is 0 Å². The lowest BCUT2D eigenvalue weighted by atomic mass is 9.82. The van der Waals surface area contributed by atoms with Crippen molar-refractivity contribution in [2.75, 3.05) is 38.2 Å². The highest BCUT2D eigenvalue weighted by Crippen LogP contribution is 2.36. The lowest BCUT2D eigenvalue weighted by Gasteiger charge is -2.28.